The van der Waals surface area contributed by atoms with Gasteiger partial charge in [-0.1, -0.05) is 5.16 Å². The third-order valence-electron chi connectivity index (χ3n) is 2.56. The fourth-order valence-electron chi connectivity index (χ4n) is 1.58. The van der Waals surface area contributed by atoms with Crippen molar-refractivity contribution in [2.24, 2.45) is 0 Å². The van der Waals surface area contributed by atoms with Crippen LogP contribution < -0.4 is 0 Å². The van der Waals surface area contributed by atoms with Crippen LogP contribution in [0.3, 0.4) is 0 Å². The monoisotopic (exact) mass is 245 g/mol. The molecule has 1 aromatic carbocycles. The molecular weight excluding hydrogens is 233 g/mol. The summed E-state index contributed by atoms with van der Waals surface area (Å²) < 4.78 is 18.2. The molecule has 4 nitrogen and oxygen atoms in total. The Kier molecular flexibility index (Phi) is 3.68. The number of nitrogens with zero attached hydrogens (tertiary/aromatic N) is 3. The molecule has 0 aliphatic carbocycles. The van der Waals surface area contributed by atoms with Gasteiger partial charge in [-0.3, -0.25) is 0 Å². The van der Waals surface area contributed by atoms with Gasteiger partial charge in [0.25, 0.3) is 0 Å². The second kappa shape index (κ2) is 5.41. The first kappa shape index (κ1) is 12.2. The molecule has 0 bridgehead atoms. The Labute approximate surface area is 104 Å². The molecule has 2 rings (SSSR count). The summed E-state index contributed by atoms with van der Waals surface area (Å²) in [6.07, 6.45) is 1.74. The molecule has 92 valence electrons. The number of rotatable bonds is 4. The molecular formula is C13H12FN3O. The Balaban J connectivity index is 2.14. The van der Waals surface area contributed by atoms with Crippen molar-refractivity contribution in [2.45, 2.75) is 26.2 Å². The maximum Gasteiger partial charge on any atom is 0.226 e. The van der Waals surface area contributed by atoms with Crippen LogP contribution in [0.1, 0.15) is 24.3 Å². The van der Waals surface area contributed by atoms with Crippen LogP contribution in [0.5, 0.6) is 0 Å². The summed E-state index contributed by atoms with van der Waals surface area (Å²) in [5.74, 6) is 0.698. The predicted molar refractivity (Wildman–Crippen MR) is 63.0 cm³/mol. The Morgan fingerprint density at radius 1 is 1.44 bits per heavy atom. The van der Waals surface area contributed by atoms with Crippen molar-refractivity contribution in [2.75, 3.05) is 0 Å². The summed E-state index contributed by atoms with van der Waals surface area (Å²) in [7, 11) is 0. The van der Waals surface area contributed by atoms with E-state index >= 15 is 0 Å². The third-order valence-corrected chi connectivity index (χ3v) is 2.56. The minimum Gasteiger partial charge on any atom is -0.339 e. The second-order valence-corrected chi connectivity index (χ2v) is 3.99. The van der Waals surface area contributed by atoms with E-state index in [0.29, 0.717) is 36.5 Å². The van der Waals surface area contributed by atoms with Crippen LogP contribution in [0.4, 0.5) is 4.39 Å². The summed E-state index contributed by atoms with van der Waals surface area (Å²) in [5.41, 5.74) is 1.27. The van der Waals surface area contributed by atoms with Gasteiger partial charge in [-0.15, -0.1) is 0 Å². The highest BCUT2D eigenvalue weighted by atomic mass is 19.1. The maximum absolute atomic E-state index is 13.1. The summed E-state index contributed by atoms with van der Waals surface area (Å²) in [5, 5.41) is 12.3. The lowest BCUT2D eigenvalue weighted by Gasteiger charge is -1.97. The van der Waals surface area contributed by atoms with Crippen molar-refractivity contribution >= 4 is 0 Å². The molecule has 0 amide bonds. The molecule has 1 heterocycles. The molecule has 0 saturated heterocycles. The molecule has 0 spiro atoms. The van der Waals surface area contributed by atoms with Gasteiger partial charge in [0.05, 0.1) is 6.07 Å². The Morgan fingerprint density at radius 2 is 2.28 bits per heavy atom. The predicted octanol–water partition coefficient (Wildman–Crippen LogP) is 3.03. The summed E-state index contributed by atoms with van der Waals surface area (Å²) in [4.78, 5) is 4.21. The Hall–Kier alpha value is -2.22. The van der Waals surface area contributed by atoms with E-state index < -0.39 is 0 Å². The first-order chi connectivity index (χ1) is 8.70. The first-order valence-electron chi connectivity index (χ1n) is 5.67. The van der Waals surface area contributed by atoms with Gasteiger partial charge in [0.15, 0.2) is 0 Å². The molecule has 0 fully saturated rings. The van der Waals surface area contributed by atoms with E-state index in [0.717, 1.165) is 5.56 Å². The smallest absolute Gasteiger partial charge is 0.226 e. The van der Waals surface area contributed by atoms with Crippen LogP contribution in [0.15, 0.2) is 22.7 Å². The Bertz CT molecular complexity index is 586. The van der Waals surface area contributed by atoms with Crippen LogP contribution in [-0.2, 0) is 6.42 Å². The summed E-state index contributed by atoms with van der Waals surface area (Å²) in [6, 6.07) is 6.74. The normalized spacial score (nSPS) is 10.3. The number of unbranched alkanes of at least 4 members (excludes halogenated alkanes) is 1. The van der Waals surface area contributed by atoms with Crippen molar-refractivity contribution in [3.8, 4) is 17.5 Å². The lowest BCUT2D eigenvalue weighted by Crippen LogP contribution is -1.87. The van der Waals surface area contributed by atoms with Crippen molar-refractivity contribution in [3.63, 3.8) is 0 Å². The zero-order valence-corrected chi connectivity index (χ0v) is 9.98. The fourth-order valence-corrected chi connectivity index (χ4v) is 1.58. The molecule has 0 saturated carbocycles. The quantitative estimate of drug-likeness (QED) is 0.777. The largest absolute Gasteiger partial charge is 0.339 e. The molecule has 0 unspecified atom stereocenters. The minimum atomic E-state index is -0.253. The molecule has 2 aromatic rings. The first-order valence-corrected chi connectivity index (χ1v) is 5.67. The van der Waals surface area contributed by atoms with E-state index in [1.807, 2.05) is 0 Å². The molecule has 18 heavy (non-hydrogen) atoms. The molecule has 0 N–H and O–H groups in total. The van der Waals surface area contributed by atoms with Crippen molar-refractivity contribution in [1.82, 2.24) is 10.1 Å². The van der Waals surface area contributed by atoms with Crippen LogP contribution >= 0.6 is 0 Å². The molecule has 5 heteroatoms. The van der Waals surface area contributed by atoms with Crippen molar-refractivity contribution in [1.29, 1.82) is 5.26 Å². The van der Waals surface area contributed by atoms with Crippen LogP contribution in [0.25, 0.3) is 11.4 Å². The van der Waals surface area contributed by atoms with Gasteiger partial charge >= 0.3 is 0 Å². The zero-order valence-electron chi connectivity index (χ0n) is 9.98. The van der Waals surface area contributed by atoms with E-state index in [9.17, 15) is 4.39 Å². The van der Waals surface area contributed by atoms with Gasteiger partial charge in [0.1, 0.15) is 5.82 Å². The highest BCUT2D eigenvalue weighted by molar-refractivity contribution is 5.55. The van der Waals surface area contributed by atoms with E-state index in [1.54, 1.807) is 19.1 Å². The van der Waals surface area contributed by atoms with Gasteiger partial charge in [-0.05, 0) is 37.1 Å². The second-order valence-electron chi connectivity index (χ2n) is 3.99. The standard InChI is InChI=1S/C13H12FN3O/c1-9-8-10(5-6-11(9)14)13-16-12(18-17-13)4-2-3-7-15/h5-6,8H,2-4H2,1H3. The van der Waals surface area contributed by atoms with E-state index in [1.165, 1.54) is 6.07 Å². The maximum atomic E-state index is 13.1. The summed E-state index contributed by atoms with van der Waals surface area (Å²) in [6.45, 7) is 1.69. The minimum absolute atomic E-state index is 0.253. The van der Waals surface area contributed by atoms with Gasteiger partial charge < -0.3 is 4.52 Å². The molecule has 0 aliphatic heterocycles. The number of aromatic nitrogens is 2. The third kappa shape index (κ3) is 2.72. The molecule has 0 aliphatic rings. The molecule has 0 radical (unpaired) electrons. The van der Waals surface area contributed by atoms with Gasteiger partial charge in [0, 0.05) is 18.4 Å². The average Bonchev–Trinajstić information content (AvgIpc) is 2.82. The lowest BCUT2D eigenvalue weighted by molar-refractivity contribution is 0.376. The van der Waals surface area contributed by atoms with E-state index in [2.05, 4.69) is 16.2 Å². The average molecular weight is 245 g/mol. The number of benzene rings is 1. The number of hydrogen-bond acceptors (Lipinski definition) is 4. The van der Waals surface area contributed by atoms with Crippen molar-refractivity contribution in [3.05, 3.63) is 35.5 Å². The number of halogens is 1. The van der Waals surface area contributed by atoms with Gasteiger partial charge in [0.2, 0.25) is 11.7 Å². The van der Waals surface area contributed by atoms with Gasteiger partial charge in [-0.25, -0.2) is 4.39 Å². The van der Waals surface area contributed by atoms with Crippen LogP contribution in [0, 0.1) is 24.1 Å². The topological polar surface area (TPSA) is 62.7 Å². The van der Waals surface area contributed by atoms with E-state index in [4.69, 9.17) is 9.78 Å². The number of aryl methyl sites for hydroxylation is 2. The van der Waals surface area contributed by atoms with E-state index in [-0.39, 0.29) is 5.82 Å². The fraction of sp³-hybridized carbons (Fsp3) is 0.308. The SMILES string of the molecule is Cc1cc(-c2noc(CCCC#N)n2)ccc1F. The Morgan fingerprint density at radius 3 is 3.00 bits per heavy atom. The van der Waals surface area contributed by atoms with Crippen molar-refractivity contribution < 1.29 is 8.91 Å². The van der Waals surface area contributed by atoms with Crippen LogP contribution in [-0.4, -0.2) is 10.1 Å². The van der Waals surface area contributed by atoms with Gasteiger partial charge in [-0.2, -0.15) is 10.2 Å². The highest BCUT2D eigenvalue weighted by Crippen LogP contribution is 2.19. The summed E-state index contributed by atoms with van der Waals surface area (Å²) >= 11 is 0. The number of hydrogen-bond donors (Lipinski definition) is 0. The number of nitriles is 1. The molecule has 1 aromatic heterocycles. The van der Waals surface area contributed by atoms with Crippen LogP contribution in [0.2, 0.25) is 0 Å². The molecule has 0 atom stereocenters. The zero-order chi connectivity index (χ0) is 13.0. The lowest BCUT2D eigenvalue weighted by atomic mass is 10.1. The highest BCUT2D eigenvalue weighted by Gasteiger charge is 2.09.